The molecule has 0 unspecified atom stereocenters. The normalized spacial score (nSPS) is 16.7. The number of nitrogens with zero attached hydrogens (tertiary/aromatic N) is 4. The highest BCUT2D eigenvalue weighted by Crippen LogP contribution is 2.20. The van der Waals surface area contributed by atoms with Gasteiger partial charge in [0, 0.05) is 37.7 Å². The van der Waals surface area contributed by atoms with Gasteiger partial charge in [0.05, 0.1) is 10.9 Å². The van der Waals surface area contributed by atoms with Gasteiger partial charge in [-0.3, -0.25) is 18.7 Å². The minimum absolute atomic E-state index is 0.115. The van der Waals surface area contributed by atoms with E-state index < -0.39 is 11.7 Å². The van der Waals surface area contributed by atoms with Crippen LogP contribution in [0.2, 0.25) is 5.02 Å². The Bertz CT molecular complexity index is 973. The van der Waals surface area contributed by atoms with Gasteiger partial charge < -0.3 is 9.80 Å². The van der Waals surface area contributed by atoms with E-state index in [-0.39, 0.29) is 18.0 Å². The third-order valence-electron chi connectivity index (χ3n) is 5.32. The highest BCUT2D eigenvalue weighted by Gasteiger charge is 2.28. The lowest BCUT2D eigenvalue weighted by atomic mass is 10.2. The molecule has 0 N–H and O–H groups in total. The lowest BCUT2D eigenvalue weighted by Crippen LogP contribution is -2.51. The van der Waals surface area contributed by atoms with Gasteiger partial charge in [-0.15, -0.1) is 0 Å². The third-order valence-corrected chi connectivity index (χ3v) is 5.56. The zero-order valence-electron chi connectivity index (χ0n) is 15.9. The lowest BCUT2D eigenvalue weighted by Gasteiger charge is -2.35. The van der Waals surface area contributed by atoms with Crippen molar-refractivity contribution < 1.29 is 4.79 Å². The fourth-order valence-corrected chi connectivity index (χ4v) is 3.83. The molecule has 7 nitrogen and oxygen atoms in total. The Morgan fingerprint density at radius 1 is 1.11 bits per heavy atom. The number of likely N-dealkylation sites (N-methyl/N-ethyl adjacent to an activating group) is 1. The third kappa shape index (κ3) is 3.53. The highest BCUT2D eigenvalue weighted by atomic mass is 35.5. The van der Waals surface area contributed by atoms with E-state index in [0.717, 1.165) is 24.2 Å². The molecule has 0 bridgehead atoms. The second-order valence-electron chi connectivity index (χ2n) is 6.80. The number of amides is 1. The molecule has 2 aromatic rings. The van der Waals surface area contributed by atoms with E-state index in [4.69, 9.17) is 11.6 Å². The quantitative estimate of drug-likeness (QED) is 0.792. The molecule has 1 amide bonds. The van der Waals surface area contributed by atoms with Gasteiger partial charge in [-0.1, -0.05) is 18.5 Å². The molecule has 8 heteroatoms. The van der Waals surface area contributed by atoms with Crippen LogP contribution in [0.1, 0.15) is 26.8 Å². The lowest BCUT2D eigenvalue weighted by molar-refractivity contribution is -0.136. The fourth-order valence-electron chi connectivity index (χ4n) is 3.66. The maximum Gasteiger partial charge on any atom is 0.332 e. The van der Waals surface area contributed by atoms with Crippen molar-refractivity contribution >= 4 is 28.4 Å². The zero-order chi connectivity index (χ0) is 19.7. The first-order valence-corrected chi connectivity index (χ1v) is 9.72. The van der Waals surface area contributed by atoms with Gasteiger partial charge >= 0.3 is 5.69 Å². The SMILES string of the molecule is CCN1CCN(C(=O)[C@@H](C)n2c(=O)n(CC)c(=O)c3ccc(Cl)cc32)CC1. The number of hydrogen-bond donors (Lipinski definition) is 0. The van der Waals surface area contributed by atoms with Crippen molar-refractivity contribution in [2.75, 3.05) is 32.7 Å². The van der Waals surface area contributed by atoms with Gasteiger partial charge in [0.1, 0.15) is 6.04 Å². The Morgan fingerprint density at radius 3 is 2.37 bits per heavy atom. The molecule has 2 heterocycles. The first kappa shape index (κ1) is 19.6. The first-order chi connectivity index (χ1) is 12.9. The molecule has 3 rings (SSSR count). The summed E-state index contributed by atoms with van der Waals surface area (Å²) in [4.78, 5) is 42.8. The van der Waals surface area contributed by atoms with Crippen LogP contribution in [-0.4, -0.2) is 57.6 Å². The summed E-state index contributed by atoms with van der Waals surface area (Å²) in [6.45, 7) is 9.68. The summed E-state index contributed by atoms with van der Waals surface area (Å²) < 4.78 is 2.57. The van der Waals surface area contributed by atoms with Gasteiger partial charge in [0.15, 0.2) is 0 Å². The maximum absolute atomic E-state index is 13.1. The Balaban J connectivity index is 2.07. The summed E-state index contributed by atoms with van der Waals surface area (Å²) in [7, 11) is 0. The van der Waals surface area contributed by atoms with Crippen molar-refractivity contribution in [1.82, 2.24) is 18.9 Å². The summed E-state index contributed by atoms with van der Waals surface area (Å²) >= 11 is 6.11. The smallest absolute Gasteiger partial charge is 0.332 e. The summed E-state index contributed by atoms with van der Waals surface area (Å²) in [6.07, 6.45) is 0. The molecule has 1 saturated heterocycles. The molecule has 1 aliphatic heterocycles. The fraction of sp³-hybridized carbons (Fsp3) is 0.526. The number of hydrogen-bond acceptors (Lipinski definition) is 4. The molecule has 1 aromatic carbocycles. The maximum atomic E-state index is 13.1. The molecule has 1 aliphatic rings. The molecule has 0 radical (unpaired) electrons. The number of halogens is 1. The van der Waals surface area contributed by atoms with Gasteiger partial charge in [-0.25, -0.2) is 4.79 Å². The van der Waals surface area contributed by atoms with E-state index in [2.05, 4.69) is 11.8 Å². The summed E-state index contributed by atoms with van der Waals surface area (Å²) in [5, 5.41) is 0.803. The number of benzene rings is 1. The van der Waals surface area contributed by atoms with Crippen LogP contribution in [0.25, 0.3) is 10.9 Å². The van der Waals surface area contributed by atoms with Gasteiger partial charge in [-0.2, -0.15) is 0 Å². The minimum Gasteiger partial charge on any atom is -0.338 e. The van der Waals surface area contributed by atoms with E-state index in [1.54, 1.807) is 36.9 Å². The molecule has 0 saturated carbocycles. The molecular formula is C19H25ClN4O3. The van der Waals surface area contributed by atoms with E-state index in [9.17, 15) is 14.4 Å². The van der Waals surface area contributed by atoms with Crippen molar-refractivity contribution in [1.29, 1.82) is 0 Å². The molecular weight excluding hydrogens is 368 g/mol. The van der Waals surface area contributed by atoms with E-state index in [1.807, 2.05) is 0 Å². The molecule has 146 valence electrons. The Morgan fingerprint density at radius 2 is 1.78 bits per heavy atom. The van der Waals surface area contributed by atoms with E-state index in [0.29, 0.717) is 29.0 Å². The van der Waals surface area contributed by atoms with Crippen LogP contribution in [-0.2, 0) is 11.3 Å². The number of carbonyl (C=O) groups excluding carboxylic acids is 1. The van der Waals surface area contributed by atoms with Crippen molar-refractivity contribution in [3.63, 3.8) is 0 Å². The molecule has 0 aliphatic carbocycles. The summed E-state index contributed by atoms with van der Waals surface area (Å²) in [5.74, 6) is -0.115. The van der Waals surface area contributed by atoms with Crippen LogP contribution >= 0.6 is 11.6 Å². The van der Waals surface area contributed by atoms with Gasteiger partial charge in [0.25, 0.3) is 5.56 Å². The Hall–Kier alpha value is -2.12. The van der Waals surface area contributed by atoms with Crippen LogP contribution in [0.3, 0.4) is 0 Å². The predicted octanol–water partition coefficient (Wildman–Crippen LogP) is 1.56. The van der Waals surface area contributed by atoms with Crippen LogP contribution in [0.5, 0.6) is 0 Å². The van der Waals surface area contributed by atoms with Crippen LogP contribution in [0.15, 0.2) is 27.8 Å². The Labute approximate surface area is 162 Å². The topological polar surface area (TPSA) is 67.5 Å². The van der Waals surface area contributed by atoms with Crippen molar-refractivity contribution in [3.05, 3.63) is 44.1 Å². The largest absolute Gasteiger partial charge is 0.338 e. The van der Waals surface area contributed by atoms with Gasteiger partial charge in [-0.05, 0) is 38.6 Å². The zero-order valence-corrected chi connectivity index (χ0v) is 16.7. The molecule has 1 fully saturated rings. The number of carbonyl (C=O) groups is 1. The second kappa shape index (κ2) is 7.86. The second-order valence-corrected chi connectivity index (χ2v) is 7.24. The van der Waals surface area contributed by atoms with E-state index in [1.165, 1.54) is 4.57 Å². The molecule has 1 aromatic heterocycles. The van der Waals surface area contributed by atoms with Crippen molar-refractivity contribution in [2.45, 2.75) is 33.4 Å². The van der Waals surface area contributed by atoms with Crippen molar-refractivity contribution in [3.8, 4) is 0 Å². The average Bonchev–Trinajstić information content (AvgIpc) is 2.67. The number of fused-ring (bicyclic) bond motifs is 1. The van der Waals surface area contributed by atoms with Crippen molar-refractivity contribution in [2.24, 2.45) is 0 Å². The number of aromatic nitrogens is 2. The number of piperazine rings is 1. The predicted molar refractivity (Wildman–Crippen MR) is 107 cm³/mol. The standard InChI is InChI=1S/C19H25ClN4O3/c1-4-21-8-10-22(11-9-21)17(25)13(3)24-16-12-14(20)6-7-15(16)18(26)23(5-2)19(24)27/h6-7,12-13H,4-5,8-11H2,1-3H3/t13-/m1/s1. The monoisotopic (exact) mass is 392 g/mol. The highest BCUT2D eigenvalue weighted by molar-refractivity contribution is 6.31. The van der Waals surface area contributed by atoms with Crippen LogP contribution in [0, 0.1) is 0 Å². The molecule has 27 heavy (non-hydrogen) atoms. The van der Waals surface area contributed by atoms with E-state index >= 15 is 0 Å². The van der Waals surface area contributed by atoms with Crippen LogP contribution < -0.4 is 11.2 Å². The van der Waals surface area contributed by atoms with Gasteiger partial charge in [0.2, 0.25) is 5.91 Å². The summed E-state index contributed by atoms with van der Waals surface area (Å²) in [5.41, 5.74) is -0.442. The Kier molecular flexibility index (Phi) is 5.72. The first-order valence-electron chi connectivity index (χ1n) is 9.34. The van der Waals surface area contributed by atoms with Crippen LogP contribution in [0.4, 0.5) is 0 Å². The summed E-state index contributed by atoms with van der Waals surface area (Å²) in [6, 6.07) is 4.10. The molecule has 0 spiro atoms. The minimum atomic E-state index is -0.718. The number of rotatable bonds is 4. The molecule has 1 atom stereocenters. The average molecular weight is 393 g/mol.